The van der Waals surface area contributed by atoms with Gasteiger partial charge in [-0.2, -0.15) is 4.31 Å². The van der Waals surface area contributed by atoms with Crippen LogP contribution in [0.15, 0.2) is 27.5 Å². The first-order chi connectivity index (χ1) is 13.1. The average molecular weight is 413 g/mol. The topological polar surface area (TPSA) is 123 Å². The number of benzene rings is 1. The van der Waals surface area contributed by atoms with Crippen LogP contribution in [0.3, 0.4) is 0 Å². The summed E-state index contributed by atoms with van der Waals surface area (Å²) in [5.74, 6) is -4.78. The Morgan fingerprint density at radius 2 is 1.79 bits per heavy atom. The van der Waals surface area contributed by atoms with Crippen molar-refractivity contribution in [3.05, 3.63) is 46.9 Å². The Morgan fingerprint density at radius 1 is 1.14 bits per heavy atom. The van der Waals surface area contributed by atoms with E-state index in [0.717, 1.165) is 25.0 Å². The summed E-state index contributed by atoms with van der Waals surface area (Å²) < 4.78 is 59.3. The number of nitrogens with two attached hydrogens (primary N) is 1. The SMILES string of the molecule is Cc1oc(C(=O)Nc2cc(C(N)=O)c(F)cc2F)cc1S(=O)(=O)N1CCCC1. The molecule has 8 nitrogen and oxygen atoms in total. The molecule has 0 spiro atoms. The van der Waals surface area contributed by atoms with E-state index in [-0.39, 0.29) is 16.4 Å². The predicted octanol–water partition coefficient (Wildman–Crippen LogP) is 2.00. The van der Waals surface area contributed by atoms with E-state index in [1.165, 1.54) is 11.2 Å². The molecular weight excluding hydrogens is 396 g/mol. The van der Waals surface area contributed by atoms with Crippen LogP contribution in [0.25, 0.3) is 0 Å². The van der Waals surface area contributed by atoms with E-state index >= 15 is 0 Å². The first-order valence-corrected chi connectivity index (χ1v) is 9.76. The third-order valence-electron chi connectivity index (χ3n) is 4.35. The molecule has 0 bridgehead atoms. The van der Waals surface area contributed by atoms with Crippen LogP contribution in [0.4, 0.5) is 14.5 Å². The molecule has 0 saturated carbocycles. The Balaban J connectivity index is 1.89. The fraction of sp³-hybridized carbons (Fsp3) is 0.294. The zero-order valence-electron chi connectivity index (χ0n) is 14.8. The van der Waals surface area contributed by atoms with Gasteiger partial charge in [-0.3, -0.25) is 9.59 Å². The zero-order chi connectivity index (χ0) is 20.6. The van der Waals surface area contributed by atoms with Crippen LogP contribution in [0.5, 0.6) is 0 Å². The highest BCUT2D eigenvalue weighted by Gasteiger charge is 2.32. The molecule has 1 saturated heterocycles. The van der Waals surface area contributed by atoms with Gasteiger partial charge in [0.05, 0.1) is 11.3 Å². The van der Waals surface area contributed by atoms with Crippen LogP contribution in [0, 0.1) is 18.6 Å². The van der Waals surface area contributed by atoms with Crippen molar-refractivity contribution in [2.45, 2.75) is 24.7 Å². The monoisotopic (exact) mass is 413 g/mol. The smallest absolute Gasteiger partial charge is 0.291 e. The normalized spacial score (nSPS) is 15.0. The van der Waals surface area contributed by atoms with E-state index in [2.05, 4.69) is 5.32 Å². The Kier molecular flexibility index (Phi) is 5.22. The molecule has 0 radical (unpaired) electrons. The molecule has 1 aromatic heterocycles. The zero-order valence-corrected chi connectivity index (χ0v) is 15.6. The molecule has 28 heavy (non-hydrogen) atoms. The molecule has 1 aromatic carbocycles. The molecule has 1 fully saturated rings. The van der Waals surface area contributed by atoms with Crippen molar-refractivity contribution in [3.8, 4) is 0 Å². The molecule has 3 N–H and O–H groups in total. The lowest BCUT2D eigenvalue weighted by atomic mass is 10.1. The minimum atomic E-state index is -3.81. The van der Waals surface area contributed by atoms with Gasteiger partial charge in [-0.25, -0.2) is 17.2 Å². The first-order valence-electron chi connectivity index (χ1n) is 8.32. The maximum atomic E-state index is 13.9. The third-order valence-corrected chi connectivity index (χ3v) is 6.36. The lowest BCUT2D eigenvalue weighted by Crippen LogP contribution is -2.28. The molecule has 2 amide bonds. The minimum Gasteiger partial charge on any atom is -0.455 e. The van der Waals surface area contributed by atoms with Gasteiger partial charge in [0.25, 0.3) is 11.8 Å². The summed E-state index contributed by atoms with van der Waals surface area (Å²) in [5, 5.41) is 2.12. The van der Waals surface area contributed by atoms with Crippen molar-refractivity contribution in [2.75, 3.05) is 18.4 Å². The second-order valence-electron chi connectivity index (χ2n) is 6.27. The number of hydrogen-bond donors (Lipinski definition) is 2. The molecule has 1 aliphatic heterocycles. The molecular formula is C17H17F2N3O5S. The first kappa shape index (κ1) is 20.0. The number of sulfonamides is 1. The largest absolute Gasteiger partial charge is 0.455 e. The number of nitrogens with one attached hydrogen (secondary N) is 1. The Hall–Kier alpha value is -2.79. The highest BCUT2D eigenvalue weighted by molar-refractivity contribution is 7.89. The number of nitrogens with zero attached hydrogens (tertiary/aromatic N) is 1. The van der Waals surface area contributed by atoms with Gasteiger partial charge in [0.2, 0.25) is 10.0 Å². The lowest BCUT2D eigenvalue weighted by molar-refractivity contribution is 0.0985. The highest BCUT2D eigenvalue weighted by Crippen LogP contribution is 2.27. The van der Waals surface area contributed by atoms with E-state index in [0.29, 0.717) is 19.2 Å². The summed E-state index contributed by atoms with van der Waals surface area (Å²) in [6.07, 6.45) is 1.49. The standard InChI is InChI=1S/C17H17F2N3O5S/c1-9-15(28(25,26)22-4-2-3-5-22)8-14(27-9)17(24)21-13-6-10(16(20)23)11(18)7-12(13)19/h6-8H,2-5H2,1H3,(H2,20,23)(H,21,24). The lowest BCUT2D eigenvalue weighted by Gasteiger charge is -2.14. The summed E-state index contributed by atoms with van der Waals surface area (Å²) in [6.45, 7) is 2.15. The maximum Gasteiger partial charge on any atom is 0.291 e. The Labute approximate surface area is 159 Å². The second kappa shape index (κ2) is 7.32. The molecule has 1 aliphatic rings. The molecule has 11 heteroatoms. The van der Waals surface area contributed by atoms with Crippen molar-refractivity contribution in [2.24, 2.45) is 5.73 Å². The van der Waals surface area contributed by atoms with Crippen molar-refractivity contribution in [1.29, 1.82) is 0 Å². The fourth-order valence-corrected chi connectivity index (χ4v) is 4.60. The number of aryl methyl sites for hydroxylation is 1. The number of hydrogen-bond acceptors (Lipinski definition) is 5. The molecule has 150 valence electrons. The molecule has 0 unspecified atom stereocenters. The van der Waals surface area contributed by atoms with Crippen LogP contribution < -0.4 is 11.1 Å². The number of furan rings is 1. The number of amides is 2. The van der Waals surface area contributed by atoms with E-state index < -0.39 is 44.7 Å². The molecule has 0 atom stereocenters. The second-order valence-corrected chi connectivity index (χ2v) is 8.18. The van der Waals surface area contributed by atoms with Crippen LogP contribution >= 0.6 is 0 Å². The highest BCUT2D eigenvalue weighted by atomic mass is 32.2. The average Bonchev–Trinajstić information content (AvgIpc) is 3.27. The number of halogens is 2. The number of carbonyl (C=O) groups is 2. The van der Waals surface area contributed by atoms with Gasteiger partial charge in [0.15, 0.2) is 5.76 Å². The van der Waals surface area contributed by atoms with Gasteiger partial charge in [0, 0.05) is 25.2 Å². The maximum absolute atomic E-state index is 13.9. The Bertz CT molecular complexity index is 1060. The van der Waals surface area contributed by atoms with E-state index in [4.69, 9.17) is 10.2 Å². The quantitative estimate of drug-likeness (QED) is 0.776. The minimum absolute atomic E-state index is 0.00875. The van der Waals surface area contributed by atoms with E-state index in [1.807, 2.05) is 0 Å². The number of carbonyl (C=O) groups excluding carboxylic acids is 2. The van der Waals surface area contributed by atoms with Crippen molar-refractivity contribution < 1.29 is 31.2 Å². The summed E-state index contributed by atoms with van der Waals surface area (Å²) in [7, 11) is -3.81. The van der Waals surface area contributed by atoms with Crippen LogP contribution in [0.2, 0.25) is 0 Å². The van der Waals surface area contributed by atoms with Crippen LogP contribution in [-0.2, 0) is 10.0 Å². The third kappa shape index (κ3) is 3.62. The number of rotatable bonds is 5. The summed E-state index contributed by atoms with van der Waals surface area (Å²) >= 11 is 0. The van der Waals surface area contributed by atoms with Gasteiger partial charge >= 0.3 is 0 Å². The van der Waals surface area contributed by atoms with E-state index in [1.54, 1.807) is 0 Å². The molecule has 3 rings (SSSR count). The molecule has 2 heterocycles. The van der Waals surface area contributed by atoms with Gasteiger partial charge in [0.1, 0.15) is 22.3 Å². The van der Waals surface area contributed by atoms with Crippen LogP contribution in [-0.4, -0.2) is 37.6 Å². The van der Waals surface area contributed by atoms with Crippen molar-refractivity contribution in [3.63, 3.8) is 0 Å². The van der Waals surface area contributed by atoms with Gasteiger partial charge < -0.3 is 15.5 Å². The summed E-state index contributed by atoms with van der Waals surface area (Å²) in [5.41, 5.74) is 3.89. The molecule has 2 aromatic rings. The van der Waals surface area contributed by atoms with Crippen LogP contribution in [0.1, 0.15) is 39.5 Å². The number of primary amides is 1. The van der Waals surface area contributed by atoms with Gasteiger partial charge in [-0.05, 0) is 25.8 Å². The fourth-order valence-electron chi connectivity index (χ4n) is 2.92. The number of anilines is 1. The van der Waals surface area contributed by atoms with Gasteiger partial charge in [-0.1, -0.05) is 0 Å². The van der Waals surface area contributed by atoms with E-state index in [9.17, 15) is 26.8 Å². The Morgan fingerprint density at radius 3 is 2.39 bits per heavy atom. The van der Waals surface area contributed by atoms with Crippen molar-refractivity contribution in [1.82, 2.24) is 4.31 Å². The molecule has 0 aliphatic carbocycles. The van der Waals surface area contributed by atoms with Crippen molar-refractivity contribution >= 4 is 27.5 Å². The summed E-state index contributed by atoms with van der Waals surface area (Å²) in [4.78, 5) is 23.4. The summed E-state index contributed by atoms with van der Waals surface area (Å²) in [6, 6.07) is 2.21. The van der Waals surface area contributed by atoms with Gasteiger partial charge in [-0.15, -0.1) is 0 Å². The predicted molar refractivity (Wildman–Crippen MR) is 94.3 cm³/mol.